The Morgan fingerprint density at radius 2 is 2.12 bits per heavy atom. The van der Waals surface area contributed by atoms with Gasteiger partial charge in [0.05, 0.1) is 12.7 Å². The largest absolute Gasteiger partial charge is 0.493 e. The highest BCUT2D eigenvalue weighted by Gasteiger charge is 2.26. The van der Waals surface area contributed by atoms with E-state index in [-0.39, 0.29) is 18.8 Å². The number of halogens is 1. The Kier molecular flexibility index (Phi) is 6.60. The molecule has 0 saturated heterocycles. The third-order valence-corrected chi connectivity index (χ3v) is 3.26. The minimum absolute atomic E-state index is 0.00316. The minimum atomic E-state index is -1.41. The standard InChI is InChI=1S/C18H16FN3O3/c19-13-5-3-6-14(11-13)25-10-4-7-16(23)15(12-20)18(24)22-17-8-1-2-9-21-17/h1-3,5-6,8-9,11,15H,4,7,10H2,(H,21,22,24)/t15-/m0/s1. The molecule has 0 fully saturated rings. The molecule has 128 valence electrons. The highest BCUT2D eigenvalue weighted by Crippen LogP contribution is 2.13. The summed E-state index contributed by atoms with van der Waals surface area (Å²) >= 11 is 0. The molecule has 6 nitrogen and oxygen atoms in total. The van der Waals surface area contributed by atoms with Gasteiger partial charge in [-0.15, -0.1) is 0 Å². The number of benzene rings is 1. The molecule has 1 heterocycles. The lowest BCUT2D eigenvalue weighted by Crippen LogP contribution is -2.29. The molecule has 0 bridgehead atoms. The molecule has 2 rings (SSSR count). The van der Waals surface area contributed by atoms with Crippen LogP contribution in [-0.4, -0.2) is 23.3 Å². The first-order chi connectivity index (χ1) is 12.1. The van der Waals surface area contributed by atoms with Crippen molar-refractivity contribution in [3.8, 4) is 11.8 Å². The molecule has 25 heavy (non-hydrogen) atoms. The second kappa shape index (κ2) is 9.13. The zero-order valence-corrected chi connectivity index (χ0v) is 13.3. The normalized spacial score (nSPS) is 11.2. The monoisotopic (exact) mass is 341 g/mol. The number of anilines is 1. The van der Waals surface area contributed by atoms with Gasteiger partial charge in [0.25, 0.3) is 5.91 Å². The van der Waals surface area contributed by atoms with Crippen molar-refractivity contribution in [2.24, 2.45) is 5.92 Å². The summed E-state index contributed by atoms with van der Waals surface area (Å²) in [5, 5.41) is 11.5. The predicted molar refractivity (Wildman–Crippen MR) is 88.1 cm³/mol. The highest BCUT2D eigenvalue weighted by atomic mass is 19.1. The molecule has 1 atom stereocenters. The van der Waals surface area contributed by atoms with E-state index in [9.17, 15) is 14.0 Å². The van der Waals surface area contributed by atoms with Crippen LogP contribution in [0.3, 0.4) is 0 Å². The molecule has 1 N–H and O–H groups in total. The maximum Gasteiger partial charge on any atom is 0.250 e. The van der Waals surface area contributed by atoms with Crippen molar-refractivity contribution >= 4 is 17.5 Å². The van der Waals surface area contributed by atoms with Crippen molar-refractivity contribution in [2.45, 2.75) is 12.8 Å². The Morgan fingerprint density at radius 1 is 1.28 bits per heavy atom. The van der Waals surface area contributed by atoms with Gasteiger partial charge in [-0.25, -0.2) is 9.37 Å². The fourth-order valence-corrected chi connectivity index (χ4v) is 2.05. The van der Waals surface area contributed by atoms with Crippen molar-refractivity contribution in [2.75, 3.05) is 11.9 Å². The van der Waals surface area contributed by atoms with Crippen LogP contribution in [0.4, 0.5) is 10.2 Å². The van der Waals surface area contributed by atoms with E-state index in [0.29, 0.717) is 12.2 Å². The quantitative estimate of drug-likeness (QED) is 0.589. The van der Waals surface area contributed by atoms with Crippen LogP contribution >= 0.6 is 0 Å². The SMILES string of the molecule is N#C[C@@H](C(=O)CCCOc1cccc(F)c1)C(=O)Nc1ccccn1. The number of carbonyl (C=O) groups excluding carboxylic acids is 2. The molecule has 0 aliphatic carbocycles. The van der Waals surface area contributed by atoms with Crippen molar-refractivity contribution in [1.29, 1.82) is 5.26 Å². The van der Waals surface area contributed by atoms with Crippen LogP contribution in [0.1, 0.15) is 12.8 Å². The highest BCUT2D eigenvalue weighted by molar-refractivity contribution is 6.09. The summed E-state index contributed by atoms with van der Waals surface area (Å²) in [7, 11) is 0. The fourth-order valence-electron chi connectivity index (χ4n) is 2.05. The molecule has 0 aliphatic rings. The van der Waals surface area contributed by atoms with E-state index in [0.717, 1.165) is 0 Å². The first-order valence-electron chi connectivity index (χ1n) is 7.63. The summed E-state index contributed by atoms with van der Waals surface area (Å²) in [5.41, 5.74) is 0. The number of pyridine rings is 1. The van der Waals surface area contributed by atoms with Crippen LogP contribution in [0.15, 0.2) is 48.7 Å². The van der Waals surface area contributed by atoms with E-state index in [1.165, 1.54) is 24.4 Å². The molecule has 0 unspecified atom stereocenters. The van der Waals surface area contributed by atoms with E-state index in [2.05, 4.69) is 10.3 Å². The second-order valence-corrected chi connectivity index (χ2v) is 5.14. The summed E-state index contributed by atoms with van der Waals surface area (Å²) in [6, 6.07) is 12.3. The number of amides is 1. The van der Waals surface area contributed by atoms with Crippen LogP contribution in [0, 0.1) is 23.1 Å². The van der Waals surface area contributed by atoms with Crippen molar-refractivity contribution in [1.82, 2.24) is 4.98 Å². The van der Waals surface area contributed by atoms with E-state index in [1.54, 1.807) is 30.3 Å². The van der Waals surface area contributed by atoms with Gasteiger partial charge in [0.1, 0.15) is 17.4 Å². The average molecular weight is 341 g/mol. The number of nitriles is 1. The molecule has 0 aliphatic heterocycles. The molecule has 1 aromatic heterocycles. The minimum Gasteiger partial charge on any atom is -0.493 e. The molecule has 1 aromatic carbocycles. The first-order valence-corrected chi connectivity index (χ1v) is 7.63. The lowest BCUT2D eigenvalue weighted by molar-refractivity contribution is -0.129. The summed E-state index contributed by atoms with van der Waals surface area (Å²) in [6.07, 6.45) is 1.80. The van der Waals surface area contributed by atoms with Gasteiger partial charge in [0.15, 0.2) is 11.7 Å². The van der Waals surface area contributed by atoms with Gasteiger partial charge in [0, 0.05) is 18.7 Å². The van der Waals surface area contributed by atoms with E-state index in [1.807, 2.05) is 0 Å². The first kappa shape index (κ1) is 18.1. The number of nitrogens with zero attached hydrogens (tertiary/aromatic N) is 2. The molecule has 7 heteroatoms. The second-order valence-electron chi connectivity index (χ2n) is 5.14. The summed E-state index contributed by atoms with van der Waals surface area (Å²) in [4.78, 5) is 28.0. The van der Waals surface area contributed by atoms with E-state index in [4.69, 9.17) is 10.00 Å². The van der Waals surface area contributed by atoms with Crippen LogP contribution in [0.5, 0.6) is 5.75 Å². The van der Waals surface area contributed by atoms with Crippen LogP contribution < -0.4 is 10.1 Å². The van der Waals surface area contributed by atoms with Gasteiger partial charge in [-0.05, 0) is 30.7 Å². The Labute approximate surface area is 144 Å². The van der Waals surface area contributed by atoms with Gasteiger partial charge in [0.2, 0.25) is 0 Å². The Hall–Kier alpha value is -3.27. The maximum absolute atomic E-state index is 13.0. The number of carbonyl (C=O) groups is 2. The third-order valence-electron chi connectivity index (χ3n) is 3.26. The number of ketones is 1. The van der Waals surface area contributed by atoms with E-state index >= 15 is 0 Å². The Morgan fingerprint density at radius 3 is 2.80 bits per heavy atom. The number of nitrogens with one attached hydrogen (secondary N) is 1. The number of Topliss-reactive ketones (excluding diaryl/α,β-unsaturated/α-hetero) is 1. The molecular formula is C18H16FN3O3. The number of hydrogen-bond donors (Lipinski definition) is 1. The molecule has 0 spiro atoms. The van der Waals surface area contributed by atoms with E-state index < -0.39 is 23.4 Å². The Bertz CT molecular complexity index is 775. The molecule has 0 saturated carbocycles. The number of ether oxygens (including phenoxy) is 1. The lowest BCUT2D eigenvalue weighted by atomic mass is 10.0. The molecule has 0 radical (unpaired) electrons. The van der Waals surface area contributed by atoms with Gasteiger partial charge in [-0.2, -0.15) is 5.26 Å². The van der Waals surface area contributed by atoms with Crippen molar-refractivity contribution < 1.29 is 18.7 Å². The van der Waals surface area contributed by atoms with Gasteiger partial charge in [-0.3, -0.25) is 9.59 Å². The number of rotatable bonds is 8. The van der Waals surface area contributed by atoms with Gasteiger partial charge < -0.3 is 10.1 Å². The topological polar surface area (TPSA) is 92.1 Å². The lowest BCUT2D eigenvalue weighted by Gasteiger charge is -2.09. The molecular weight excluding hydrogens is 325 g/mol. The van der Waals surface area contributed by atoms with Crippen molar-refractivity contribution in [3.05, 3.63) is 54.5 Å². The summed E-state index contributed by atoms with van der Waals surface area (Å²) < 4.78 is 18.3. The van der Waals surface area contributed by atoms with Crippen LogP contribution in [-0.2, 0) is 9.59 Å². The molecule has 2 aromatic rings. The Balaban J connectivity index is 1.79. The summed E-state index contributed by atoms with van der Waals surface area (Å²) in [6.45, 7) is 0.176. The fraction of sp³-hybridized carbons (Fsp3) is 0.222. The summed E-state index contributed by atoms with van der Waals surface area (Å²) in [5.74, 6) is -2.40. The smallest absolute Gasteiger partial charge is 0.250 e. The predicted octanol–water partition coefficient (Wildman–Crippen LogP) is 2.73. The number of aromatic nitrogens is 1. The van der Waals surface area contributed by atoms with Gasteiger partial charge in [-0.1, -0.05) is 12.1 Å². The third kappa shape index (κ3) is 5.70. The van der Waals surface area contributed by atoms with Crippen LogP contribution in [0.25, 0.3) is 0 Å². The zero-order valence-electron chi connectivity index (χ0n) is 13.3. The molecule has 1 amide bonds. The zero-order chi connectivity index (χ0) is 18.1. The van der Waals surface area contributed by atoms with Gasteiger partial charge >= 0.3 is 0 Å². The maximum atomic E-state index is 13.0. The average Bonchev–Trinajstić information content (AvgIpc) is 2.60. The van der Waals surface area contributed by atoms with Crippen LogP contribution in [0.2, 0.25) is 0 Å². The number of hydrogen-bond acceptors (Lipinski definition) is 5. The van der Waals surface area contributed by atoms with Crippen molar-refractivity contribution in [3.63, 3.8) is 0 Å².